The molecule has 0 bridgehead atoms. The van der Waals surface area contributed by atoms with Crippen LogP contribution in [-0.4, -0.2) is 50.2 Å². The second-order valence-electron chi connectivity index (χ2n) is 8.91. The molecule has 1 saturated heterocycles. The molecule has 0 aromatic heterocycles. The Labute approximate surface area is 205 Å². The van der Waals surface area contributed by atoms with Gasteiger partial charge in [0.2, 0.25) is 0 Å². The summed E-state index contributed by atoms with van der Waals surface area (Å²) in [5, 5.41) is 13.7. The second kappa shape index (κ2) is 10.8. The highest BCUT2D eigenvalue weighted by molar-refractivity contribution is 6.35. The molecule has 34 heavy (non-hydrogen) atoms. The lowest BCUT2D eigenvalue weighted by Crippen LogP contribution is -2.50. The molecule has 1 saturated carbocycles. The van der Waals surface area contributed by atoms with Crippen molar-refractivity contribution in [2.75, 3.05) is 32.8 Å². The number of carboxylic acids is 1. The number of halogens is 1. The third-order valence-electron chi connectivity index (χ3n) is 6.78. The molecule has 184 valence electrons. The molecule has 7 nitrogen and oxygen atoms in total. The van der Waals surface area contributed by atoms with Gasteiger partial charge < -0.3 is 29.4 Å². The molecule has 2 aliphatic rings. The van der Waals surface area contributed by atoms with Crippen molar-refractivity contribution in [3.63, 3.8) is 0 Å². The lowest BCUT2D eigenvalue weighted by Gasteiger charge is -2.35. The van der Waals surface area contributed by atoms with Crippen LogP contribution in [0, 0.1) is 0 Å². The van der Waals surface area contributed by atoms with Gasteiger partial charge in [-0.15, -0.1) is 0 Å². The number of benzene rings is 2. The number of ether oxygens (including phenoxy) is 4. The standard InChI is InChI=1S/C26H32ClNO6/c1-31-20-14-22(24(27)23(15-20)32-2)21-8-7-18(13-17(21)16-34-19-5-3-4-6-19)28-26(25(29)30)9-11-33-12-10-26/h7-8,13-15,19,28H,3-6,9-12,16H2,1-2H3,(H,29,30). The van der Waals surface area contributed by atoms with Crippen molar-refractivity contribution in [2.45, 2.75) is 56.8 Å². The lowest BCUT2D eigenvalue weighted by molar-refractivity contribution is -0.145. The highest BCUT2D eigenvalue weighted by Crippen LogP contribution is 2.41. The predicted octanol–water partition coefficient (Wildman–Crippen LogP) is 5.53. The van der Waals surface area contributed by atoms with Gasteiger partial charge in [0.05, 0.1) is 32.0 Å². The summed E-state index contributed by atoms with van der Waals surface area (Å²) in [5.74, 6) is 0.283. The molecule has 2 aromatic rings. The Balaban J connectivity index is 1.72. The SMILES string of the molecule is COc1cc(OC)c(Cl)c(-c2ccc(NC3(C(=O)O)CCOCC3)cc2COC2CCCC2)c1. The maximum Gasteiger partial charge on any atom is 0.329 e. The Hall–Kier alpha value is -2.48. The fourth-order valence-corrected chi connectivity index (χ4v) is 5.03. The second-order valence-corrected chi connectivity index (χ2v) is 9.28. The molecule has 2 N–H and O–H groups in total. The van der Waals surface area contributed by atoms with E-state index in [1.54, 1.807) is 20.3 Å². The Morgan fingerprint density at radius 1 is 1.12 bits per heavy atom. The molecule has 1 heterocycles. The van der Waals surface area contributed by atoms with Crippen LogP contribution in [0.2, 0.25) is 5.02 Å². The van der Waals surface area contributed by atoms with Gasteiger partial charge >= 0.3 is 5.97 Å². The van der Waals surface area contributed by atoms with E-state index in [0.29, 0.717) is 49.2 Å². The molecule has 0 spiro atoms. The highest BCUT2D eigenvalue weighted by Gasteiger charge is 2.40. The van der Waals surface area contributed by atoms with E-state index in [2.05, 4.69) is 5.32 Å². The Kier molecular flexibility index (Phi) is 7.86. The first-order chi connectivity index (χ1) is 16.5. The molecule has 0 amide bonds. The average molecular weight is 490 g/mol. The van der Waals surface area contributed by atoms with Crippen LogP contribution in [0.5, 0.6) is 11.5 Å². The van der Waals surface area contributed by atoms with Crippen LogP contribution in [-0.2, 0) is 20.9 Å². The first kappa shape index (κ1) is 24.6. The number of anilines is 1. The third kappa shape index (κ3) is 5.27. The van der Waals surface area contributed by atoms with Gasteiger partial charge in [0.25, 0.3) is 0 Å². The summed E-state index contributed by atoms with van der Waals surface area (Å²) in [7, 11) is 3.17. The van der Waals surface area contributed by atoms with Crippen molar-refractivity contribution < 1.29 is 28.8 Å². The minimum atomic E-state index is -1.06. The van der Waals surface area contributed by atoms with Crippen molar-refractivity contribution in [1.29, 1.82) is 0 Å². The number of carboxylic acid groups (broad SMARTS) is 1. The van der Waals surface area contributed by atoms with E-state index in [1.807, 2.05) is 24.3 Å². The van der Waals surface area contributed by atoms with Gasteiger partial charge in [0.1, 0.15) is 17.0 Å². The van der Waals surface area contributed by atoms with Crippen LogP contribution < -0.4 is 14.8 Å². The number of aliphatic carboxylic acids is 1. The molecule has 2 fully saturated rings. The first-order valence-corrected chi connectivity index (χ1v) is 12.1. The van der Waals surface area contributed by atoms with E-state index >= 15 is 0 Å². The molecule has 1 aliphatic heterocycles. The van der Waals surface area contributed by atoms with Crippen molar-refractivity contribution in [3.05, 3.63) is 40.9 Å². The summed E-state index contributed by atoms with van der Waals surface area (Å²) >= 11 is 6.70. The first-order valence-electron chi connectivity index (χ1n) is 11.7. The normalized spacial score (nSPS) is 18.0. The molecule has 1 aliphatic carbocycles. The van der Waals surface area contributed by atoms with E-state index in [0.717, 1.165) is 35.2 Å². The van der Waals surface area contributed by atoms with E-state index < -0.39 is 11.5 Å². The number of nitrogens with one attached hydrogen (secondary N) is 1. The van der Waals surface area contributed by atoms with Gasteiger partial charge in [-0.3, -0.25) is 0 Å². The van der Waals surface area contributed by atoms with Gasteiger partial charge in [-0.1, -0.05) is 30.5 Å². The molecule has 0 radical (unpaired) electrons. The molecule has 8 heteroatoms. The van der Waals surface area contributed by atoms with Crippen LogP contribution in [0.1, 0.15) is 44.1 Å². The highest BCUT2D eigenvalue weighted by atomic mass is 35.5. The maximum absolute atomic E-state index is 12.2. The number of rotatable bonds is 9. The number of hydrogen-bond acceptors (Lipinski definition) is 6. The molecule has 4 rings (SSSR count). The minimum absolute atomic E-state index is 0.237. The Morgan fingerprint density at radius 2 is 1.85 bits per heavy atom. The van der Waals surface area contributed by atoms with E-state index in [9.17, 15) is 9.90 Å². The summed E-state index contributed by atoms with van der Waals surface area (Å²) in [6, 6.07) is 9.43. The van der Waals surface area contributed by atoms with Gasteiger partial charge in [0.15, 0.2) is 0 Å². The molecule has 0 unspecified atom stereocenters. The molecular weight excluding hydrogens is 458 g/mol. The van der Waals surface area contributed by atoms with Gasteiger partial charge in [-0.25, -0.2) is 4.79 Å². The summed E-state index contributed by atoms with van der Waals surface area (Å²) in [6.07, 6.45) is 5.52. The van der Waals surface area contributed by atoms with Gasteiger partial charge in [-0.05, 0) is 42.2 Å². The molecule has 2 aromatic carbocycles. The van der Waals surface area contributed by atoms with E-state index in [4.69, 9.17) is 30.5 Å². The van der Waals surface area contributed by atoms with Crippen molar-refractivity contribution in [2.24, 2.45) is 0 Å². The van der Waals surface area contributed by atoms with Crippen LogP contribution in [0.3, 0.4) is 0 Å². The largest absolute Gasteiger partial charge is 0.497 e. The number of hydrogen-bond donors (Lipinski definition) is 2. The zero-order chi connectivity index (χ0) is 24.1. The van der Waals surface area contributed by atoms with Crippen LogP contribution >= 0.6 is 11.6 Å². The minimum Gasteiger partial charge on any atom is -0.497 e. The summed E-state index contributed by atoms with van der Waals surface area (Å²) < 4.78 is 22.6. The van der Waals surface area contributed by atoms with E-state index in [-0.39, 0.29) is 6.10 Å². The fraction of sp³-hybridized carbons (Fsp3) is 0.500. The van der Waals surface area contributed by atoms with Crippen molar-refractivity contribution in [1.82, 2.24) is 0 Å². The monoisotopic (exact) mass is 489 g/mol. The average Bonchev–Trinajstić information content (AvgIpc) is 3.37. The summed E-state index contributed by atoms with van der Waals surface area (Å²) in [5.41, 5.74) is 2.25. The third-order valence-corrected chi connectivity index (χ3v) is 7.17. The van der Waals surface area contributed by atoms with Crippen molar-refractivity contribution >= 4 is 23.3 Å². The predicted molar refractivity (Wildman–Crippen MR) is 131 cm³/mol. The number of methoxy groups -OCH3 is 2. The number of carbonyl (C=O) groups is 1. The summed E-state index contributed by atoms with van der Waals surface area (Å²) in [6.45, 7) is 1.22. The Bertz CT molecular complexity index is 1010. The van der Waals surface area contributed by atoms with E-state index in [1.165, 1.54) is 12.8 Å². The van der Waals surface area contributed by atoms with Crippen LogP contribution in [0.25, 0.3) is 11.1 Å². The fourth-order valence-electron chi connectivity index (χ4n) is 4.74. The quantitative estimate of drug-likeness (QED) is 0.479. The van der Waals surface area contributed by atoms with Crippen LogP contribution in [0.4, 0.5) is 5.69 Å². The molecular formula is C26H32ClNO6. The Morgan fingerprint density at radius 3 is 2.50 bits per heavy atom. The smallest absolute Gasteiger partial charge is 0.329 e. The summed E-state index contributed by atoms with van der Waals surface area (Å²) in [4.78, 5) is 12.2. The van der Waals surface area contributed by atoms with Gasteiger partial charge in [0, 0.05) is 43.4 Å². The molecule has 0 atom stereocenters. The zero-order valence-corrected chi connectivity index (χ0v) is 20.5. The zero-order valence-electron chi connectivity index (χ0n) is 19.7. The van der Waals surface area contributed by atoms with Gasteiger partial charge in [-0.2, -0.15) is 0 Å². The lowest BCUT2D eigenvalue weighted by atomic mass is 9.89. The van der Waals surface area contributed by atoms with Crippen LogP contribution in [0.15, 0.2) is 30.3 Å². The topological polar surface area (TPSA) is 86.3 Å². The van der Waals surface area contributed by atoms with Crippen molar-refractivity contribution in [3.8, 4) is 22.6 Å². The maximum atomic E-state index is 12.2.